The zero-order valence-electron chi connectivity index (χ0n) is 19.9. The number of ether oxygens (including phenoxy) is 1. The molecule has 5 rings (SSSR count). The summed E-state index contributed by atoms with van der Waals surface area (Å²) in [6.07, 6.45) is 4.14. The number of hydrogen-bond acceptors (Lipinski definition) is 5. The molecule has 8 heteroatoms. The largest absolute Gasteiger partial charge is 0.482 e. The number of allylic oxidation sites excluding steroid dienone is 4. The lowest BCUT2D eigenvalue weighted by Crippen LogP contribution is -2.36. The fourth-order valence-corrected chi connectivity index (χ4v) is 5.57. The third-order valence-corrected chi connectivity index (χ3v) is 7.60. The lowest BCUT2D eigenvalue weighted by molar-refractivity contribution is -0.118. The van der Waals surface area contributed by atoms with E-state index in [0.29, 0.717) is 45.5 Å². The molecular weight excluding hydrogens is 499 g/mol. The molecule has 6 nitrogen and oxygen atoms in total. The predicted molar refractivity (Wildman–Crippen MR) is 139 cm³/mol. The molecule has 0 fully saturated rings. The van der Waals surface area contributed by atoms with Crippen LogP contribution in [0.15, 0.2) is 58.9 Å². The Balaban J connectivity index is 1.37. The summed E-state index contributed by atoms with van der Waals surface area (Å²) in [5, 5.41) is 7.04. The van der Waals surface area contributed by atoms with Gasteiger partial charge >= 0.3 is 0 Å². The molecular formula is C28H26Cl2N2O4. The van der Waals surface area contributed by atoms with E-state index in [4.69, 9.17) is 27.9 Å². The van der Waals surface area contributed by atoms with Gasteiger partial charge in [-0.25, -0.2) is 0 Å². The first-order valence-electron chi connectivity index (χ1n) is 12.1. The Morgan fingerprint density at radius 2 is 1.61 bits per heavy atom. The van der Waals surface area contributed by atoms with E-state index in [1.807, 2.05) is 19.1 Å². The van der Waals surface area contributed by atoms with E-state index in [0.717, 1.165) is 48.2 Å². The highest BCUT2D eigenvalue weighted by molar-refractivity contribution is 6.32. The van der Waals surface area contributed by atoms with Gasteiger partial charge in [0.25, 0.3) is 5.91 Å². The maximum Gasteiger partial charge on any atom is 0.262 e. The van der Waals surface area contributed by atoms with Gasteiger partial charge in [-0.05, 0) is 68.0 Å². The van der Waals surface area contributed by atoms with E-state index in [1.165, 1.54) is 0 Å². The number of Topliss-reactive ketones (excluding diaryl/α,β-unsaturated/α-hetero) is 2. The van der Waals surface area contributed by atoms with Crippen LogP contribution in [0, 0.1) is 6.92 Å². The summed E-state index contributed by atoms with van der Waals surface area (Å²) in [6.45, 7) is 1.65. The molecule has 1 amide bonds. The first-order valence-corrected chi connectivity index (χ1v) is 12.8. The smallest absolute Gasteiger partial charge is 0.262 e. The first kappa shape index (κ1) is 24.6. The number of carbonyl (C=O) groups is 3. The molecule has 0 radical (unpaired) electrons. The molecule has 0 atom stereocenters. The van der Waals surface area contributed by atoms with E-state index in [1.54, 1.807) is 24.3 Å². The summed E-state index contributed by atoms with van der Waals surface area (Å²) in [5.41, 5.74) is 5.48. The standard InChI is InChI=1S/C28H26Cl2N2O4/c1-15-8-10-17(13-18(15)29)31-25(35)14-36-24-11-9-16(12-19(24)30)26-27-20(4-2-6-22(27)33)32-21-5-3-7-23(34)28(21)26/h8-13,26,32H,2-7,14H2,1H3,(H,31,35). The van der Waals surface area contributed by atoms with Gasteiger partial charge in [-0.2, -0.15) is 0 Å². The molecule has 0 saturated carbocycles. The maximum atomic E-state index is 13.0. The number of ketones is 2. The molecule has 0 aromatic heterocycles. The Morgan fingerprint density at radius 1 is 0.944 bits per heavy atom. The summed E-state index contributed by atoms with van der Waals surface area (Å²) in [4.78, 5) is 38.3. The molecule has 186 valence electrons. The molecule has 2 aromatic carbocycles. The fourth-order valence-electron chi connectivity index (χ4n) is 5.14. The number of benzene rings is 2. The quantitative estimate of drug-likeness (QED) is 0.499. The van der Waals surface area contributed by atoms with E-state index < -0.39 is 5.92 Å². The van der Waals surface area contributed by atoms with E-state index in [9.17, 15) is 14.4 Å². The summed E-state index contributed by atoms with van der Waals surface area (Å²) in [5.74, 6) is -0.289. The Morgan fingerprint density at radius 3 is 2.22 bits per heavy atom. The van der Waals surface area contributed by atoms with Gasteiger partial charge in [0.1, 0.15) is 5.75 Å². The van der Waals surface area contributed by atoms with Crippen molar-refractivity contribution < 1.29 is 19.1 Å². The van der Waals surface area contributed by atoms with E-state index in [-0.39, 0.29) is 24.1 Å². The van der Waals surface area contributed by atoms with Crippen molar-refractivity contribution in [1.82, 2.24) is 5.32 Å². The first-order chi connectivity index (χ1) is 17.3. The average Bonchev–Trinajstić information content (AvgIpc) is 2.85. The van der Waals surface area contributed by atoms with Gasteiger partial charge in [-0.1, -0.05) is 35.3 Å². The van der Waals surface area contributed by atoms with Crippen LogP contribution in [0.3, 0.4) is 0 Å². The number of hydrogen-bond donors (Lipinski definition) is 2. The van der Waals surface area contributed by atoms with Gasteiger partial charge in [0.2, 0.25) is 0 Å². The van der Waals surface area contributed by atoms with Crippen molar-refractivity contribution >= 4 is 46.4 Å². The molecule has 0 spiro atoms. The van der Waals surface area contributed by atoms with Crippen molar-refractivity contribution in [2.45, 2.75) is 51.4 Å². The van der Waals surface area contributed by atoms with Crippen LogP contribution in [-0.2, 0) is 14.4 Å². The van der Waals surface area contributed by atoms with E-state index >= 15 is 0 Å². The SMILES string of the molecule is Cc1ccc(NC(=O)COc2ccc(C3C4=C(CCCC4=O)NC4=C3C(=O)CCC4)cc2Cl)cc1Cl. The number of aryl methyl sites for hydroxylation is 1. The van der Waals surface area contributed by atoms with Crippen LogP contribution in [0.2, 0.25) is 10.0 Å². The van der Waals surface area contributed by atoms with Gasteiger partial charge in [0, 0.05) is 52.0 Å². The molecule has 2 N–H and O–H groups in total. The summed E-state index contributed by atoms with van der Waals surface area (Å²) in [6, 6.07) is 10.5. The average molecular weight is 525 g/mol. The van der Waals surface area contributed by atoms with Gasteiger partial charge in [-0.3, -0.25) is 14.4 Å². The molecule has 0 saturated heterocycles. The van der Waals surface area contributed by atoms with Gasteiger partial charge in [0.05, 0.1) is 5.02 Å². The number of rotatable bonds is 5. The van der Waals surface area contributed by atoms with Crippen molar-refractivity contribution in [3.63, 3.8) is 0 Å². The van der Waals surface area contributed by atoms with Crippen molar-refractivity contribution in [3.8, 4) is 5.75 Å². The minimum Gasteiger partial charge on any atom is -0.482 e. The number of carbonyl (C=O) groups excluding carboxylic acids is 3. The summed E-state index contributed by atoms with van der Waals surface area (Å²) >= 11 is 12.7. The highest BCUT2D eigenvalue weighted by Gasteiger charge is 2.40. The Labute approximate surface area is 219 Å². The summed E-state index contributed by atoms with van der Waals surface area (Å²) in [7, 11) is 0. The molecule has 1 aliphatic heterocycles. The zero-order chi connectivity index (χ0) is 25.4. The van der Waals surface area contributed by atoms with Crippen LogP contribution >= 0.6 is 23.2 Å². The van der Waals surface area contributed by atoms with Crippen LogP contribution < -0.4 is 15.4 Å². The van der Waals surface area contributed by atoms with Gasteiger partial charge < -0.3 is 15.4 Å². The maximum absolute atomic E-state index is 13.0. The minimum atomic E-state index is -0.432. The minimum absolute atomic E-state index is 0.0722. The number of dihydropyridines is 1. The summed E-state index contributed by atoms with van der Waals surface area (Å²) < 4.78 is 5.68. The second-order valence-corrected chi connectivity index (χ2v) is 10.2. The molecule has 3 aliphatic rings. The van der Waals surface area contributed by atoms with Gasteiger partial charge in [0.15, 0.2) is 18.2 Å². The highest BCUT2D eigenvalue weighted by atomic mass is 35.5. The topological polar surface area (TPSA) is 84.5 Å². The third kappa shape index (κ3) is 4.80. The zero-order valence-corrected chi connectivity index (χ0v) is 21.4. The third-order valence-electron chi connectivity index (χ3n) is 6.90. The Kier molecular flexibility index (Phi) is 6.91. The normalized spacial score (nSPS) is 18.0. The molecule has 1 heterocycles. The van der Waals surface area contributed by atoms with Crippen molar-refractivity contribution in [1.29, 1.82) is 0 Å². The molecule has 0 bridgehead atoms. The van der Waals surface area contributed by atoms with Crippen LogP contribution in [0.25, 0.3) is 0 Å². The Bertz CT molecular complexity index is 1300. The highest BCUT2D eigenvalue weighted by Crippen LogP contribution is 2.46. The van der Waals surface area contributed by atoms with Crippen LogP contribution in [0.4, 0.5) is 5.69 Å². The lowest BCUT2D eigenvalue weighted by Gasteiger charge is -2.37. The molecule has 2 aliphatic carbocycles. The molecule has 36 heavy (non-hydrogen) atoms. The van der Waals surface area contributed by atoms with Crippen molar-refractivity contribution in [2.24, 2.45) is 0 Å². The van der Waals surface area contributed by atoms with Crippen LogP contribution in [0.1, 0.15) is 55.6 Å². The van der Waals surface area contributed by atoms with Crippen molar-refractivity contribution in [3.05, 3.63) is 80.1 Å². The predicted octanol–water partition coefficient (Wildman–Crippen LogP) is 6.02. The molecule has 0 unspecified atom stereocenters. The van der Waals surface area contributed by atoms with Gasteiger partial charge in [-0.15, -0.1) is 0 Å². The number of amides is 1. The van der Waals surface area contributed by atoms with Crippen LogP contribution in [-0.4, -0.2) is 24.1 Å². The second-order valence-electron chi connectivity index (χ2n) is 9.39. The van der Waals surface area contributed by atoms with E-state index in [2.05, 4.69) is 10.6 Å². The van der Waals surface area contributed by atoms with Crippen LogP contribution in [0.5, 0.6) is 5.75 Å². The molecule has 2 aromatic rings. The second kappa shape index (κ2) is 10.1. The number of halogens is 2. The van der Waals surface area contributed by atoms with Crippen molar-refractivity contribution in [2.75, 3.05) is 11.9 Å². The number of anilines is 1. The Hall–Kier alpha value is -3.09. The lowest BCUT2D eigenvalue weighted by atomic mass is 9.71. The monoisotopic (exact) mass is 524 g/mol. The number of nitrogens with one attached hydrogen (secondary N) is 2. The fraction of sp³-hybridized carbons (Fsp3) is 0.321.